The van der Waals surface area contributed by atoms with E-state index in [9.17, 15) is 13.2 Å². The van der Waals surface area contributed by atoms with Gasteiger partial charge in [-0.05, 0) is 30.3 Å². The van der Waals surface area contributed by atoms with E-state index in [2.05, 4.69) is 5.32 Å². The van der Waals surface area contributed by atoms with Gasteiger partial charge in [0.05, 0.1) is 18.4 Å². The number of halogens is 3. The van der Waals surface area contributed by atoms with Crippen molar-refractivity contribution in [2.75, 3.05) is 18.2 Å². The molecule has 0 radical (unpaired) electrons. The number of hydrogen-bond donors (Lipinski definition) is 2. The number of nitrogen functional groups attached to an aromatic ring is 1. The van der Waals surface area contributed by atoms with Crippen LogP contribution in [-0.4, -0.2) is 7.11 Å². The Morgan fingerprint density at radius 2 is 1.80 bits per heavy atom. The fraction of sp³-hybridized carbons (Fsp3) is 0.143. The van der Waals surface area contributed by atoms with Gasteiger partial charge >= 0.3 is 6.18 Å². The Morgan fingerprint density at radius 1 is 1.10 bits per heavy atom. The standard InChI is InChI=1S/C14H13F3N2O/c1-20-13-5-3-2-4-12(13)19-9-6-7-11(18)10(8-9)14(15,16)17/h2-8,19H,18H2,1H3. The second-order valence-corrected chi connectivity index (χ2v) is 4.13. The number of ether oxygens (including phenoxy) is 1. The number of para-hydroxylation sites is 2. The van der Waals surface area contributed by atoms with Gasteiger partial charge in [0.15, 0.2) is 0 Å². The molecular formula is C14H13F3N2O. The molecule has 20 heavy (non-hydrogen) atoms. The fourth-order valence-corrected chi connectivity index (χ4v) is 1.78. The molecule has 0 atom stereocenters. The van der Waals surface area contributed by atoms with E-state index in [1.807, 2.05) is 0 Å². The molecule has 0 bridgehead atoms. The molecule has 0 aliphatic heterocycles. The van der Waals surface area contributed by atoms with Crippen LogP contribution in [0.25, 0.3) is 0 Å². The summed E-state index contributed by atoms with van der Waals surface area (Å²) in [5, 5.41) is 2.88. The van der Waals surface area contributed by atoms with E-state index in [0.29, 0.717) is 11.4 Å². The van der Waals surface area contributed by atoms with Gasteiger partial charge in [-0.3, -0.25) is 0 Å². The van der Waals surface area contributed by atoms with Crippen LogP contribution < -0.4 is 15.8 Å². The number of hydrogen-bond acceptors (Lipinski definition) is 3. The van der Waals surface area contributed by atoms with Crippen molar-refractivity contribution in [2.24, 2.45) is 0 Å². The molecule has 2 aromatic rings. The topological polar surface area (TPSA) is 47.3 Å². The minimum absolute atomic E-state index is 0.288. The Bertz CT molecular complexity index is 612. The van der Waals surface area contributed by atoms with E-state index < -0.39 is 11.7 Å². The normalized spacial score (nSPS) is 11.2. The molecule has 0 aliphatic rings. The Hall–Kier alpha value is -2.37. The molecule has 0 amide bonds. The summed E-state index contributed by atoms with van der Waals surface area (Å²) in [4.78, 5) is 0. The van der Waals surface area contributed by atoms with Crippen molar-refractivity contribution < 1.29 is 17.9 Å². The minimum atomic E-state index is -4.48. The van der Waals surface area contributed by atoms with Crippen molar-refractivity contribution in [1.29, 1.82) is 0 Å². The van der Waals surface area contributed by atoms with Gasteiger partial charge in [-0.25, -0.2) is 0 Å². The van der Waals surface area contributed by atoms with Crippen molar-refractivity contribution in [3.05, 3.63) is 48.0 Å². The van der Waals surface area contributed by atoms with Gasteiger partial charge in [-0.2, -0.15) is 13.2 Å². The smallest absolute Gasteiger partial charge is 0.418 e. The van der Waals surface area contributed by atoms with Crippen LogP contribution in [0.3, 0.4) is 0 Å². The van der Waals surface area contributed by atoms with E-state index in [-0.39, 0.29) is 11.4 Å². The van der Waals surface area contributed by atoms with E-state index in [1.165, 1.54) is 19.2 Å². The molecule has 0 heterocycles. The molecule has 0 fully saturated rings. The summed E-state index contributed by atoms with van der Waals surface area (Å²) in [5.41, 5.74) is 5.05. The van der Waals surface area contributed by atoms with Gasteiger partial charge in [0.25, 0.3) is 0 Å². The highest BCUT2D eigenvalue weighted by Gasteiger charge is 2.33. The molecule has 0 spiro atoms. The molecule has 106 valence electrons. The minimum Gasteiger partial charge on any atom is -0.495 e. The average Bonchev–Trinajstić information content (AvgIpc) is 2.40. The van der Waals surface area contributed by atoms with Gasteiger partial charge in [0.1, 0.15) is 5.75 Å². The van der Waals surface area contributed by atoms with Crippen LogP contribution in [-0.2, 0) is 6.18 Å². The Morgan fingerprint density at radius 3 is 2.45 bits per heavy atom. The lowest BCUT2D eigenvalue weighted by Crippen LogP contribution is -2.09. The van der Waals surface area contributed by atoms with E-state index in [0.717, 1.165) is 6.07 Å². The number of anilines is 3. The summed E-state index contributed by atoms with van der Waals surface area (Å²) in [5.74, 6) is 0.540. The van der Waals surface area contributed by atoms with Crippen LogP contribution in [0.15, 0.2) is 42.5 Å². The van der Waals surface area contributed by atoms with Crippen LogP contribution in [0.4, 0.5) is 30.2 Å². The predicted molar refractivity (Wildman–Crippen MR) is 72.1 cm³/mol. The highest BCUT2D eigenvalue weighted by molar-refractivity contribution is 5.69. The summed E-state index contributed by atoms with van der Waals surface area (Å²) in [6.07, 6.45) is -4.48. The lowest BCUT2D eigenvalue weighted by molar-refractivity contribution is -0.136. The average molecular weight is 282 g/mol. The number of methoxy groups -OCH3 is 1. The molecular weight excluding hydrogens is 269 g/mol. The second kappa shape index (κ2) is 5.32. The second-order valence-electron chi connectivity index (χ2n) is 4.13. The molecule has 2 rings (SSSR count). The maximum atomic E-state index is 12.8. The highest BCUT2D eigenvalue weighted by atomic mass is 19.4. The van der Waals surface area contributed by atoms with Crippen molar-refractivity contribution in [3.8, 4) is 5.75 Å². The number of rotatable bonds is 3. The number of alkyl halides is 3. The van der Waals surface area contributed by atoms with Crippen molar-refractivity contribution >= 4 is 17.1 Å². The van der Waals surface area contributed by atoms with Gasteiger partial charge < -0.3 is 15.8 Å². The first-order valence-corrected chi connectivity index (χ1v) is 5.78. The first kappa shape index (κ1) is 14.0. The predicted octanol–water partition coefficient (Wildman–Crippen LogP) is 4.04. The van der Waals surface area contributed by atoms with Crippen LogP contribution in [0.2, 0.25) is 0 Å². The molecule has 0 unspecified atom stereocenters. The molecule has 6 heteroatoms. The Labute approximate surface area is 114 Å². The van der Waals surface area contributed by atoms with Gasteiger partial charge in [-0.15, -0.1) is 0 Å². The summed E-state index contributed by atoms with van der Waals surface area (Å²) in [6, 6.07) is 10.6. The SMILES string of the molecule is COc1ccccc1Nc1ccc(N)c(C(F)(F)F)c1. The fourth-order valence-electron chi connectivity index (χ4n) is 1.78. The summed E-state index contributed by atoms with van der Waals surface area (Å²) < 4.78 is 43.5. The number of nitrogens with one attached hydrogen (secondary N) is 1. The van der Waals surface area contributed by atoms with E-state index >= 15 is 0 Å². The first-order chi connectivity index (χ1) is 9.41. The third-order valence-electron chi connectivity index (χ3n) is 2.74. The molecule has 0 aliphatic carbocycles. The molecule has 0 aromatic heterocycles. The molecule has 0 saturated heterocycles. The zero-order valence-corrected chi connectivity index (χ0v) is 10.7. The largest absolute Gasteiger partial charge is 0.495 e. The Balaban J connectivity index is 2.35. The van der Waals surface area contributed by atoms with Crippen molar-refractivity contribution in [1.82, 2.24) is 0 Å². The summed E-state index contributed by atoms with van der Waals surface area (Å²) >= 11 is 0. The summed E-state index contributed by atoms with van der Waals surface area (Å²) in [7, 11) is 1.49. The quantitative estimate of drug-likeness (QED) is 0.835. The van der Waals surface area contributed by atoms with Gasteiger partial charge in [0.2, 0.25) is 0 Å². The maximum Gasteiger partial charge on any atom is 0.418 e. The third kappa shape index (κ3) is 2.96. The molecule has 3 N–H and O–H groups in total. The van der Waals surface area contributed by atoms with Crippen molar-refractivity contribution in [3.63, 3.8) is 0 Å². The first-order valence-electron chi connectivity index (χ1n) is 5.78. The lowest BCUT2D eigenvalue weighted by Gasteiger charge is -2.14. The number of benzene rings is 2. The lowest BCUT2D eigenvalue weighted by atomic mass is 10.1. The van der Waals surface area contributed by atoms with Gasteiger partial charge in [0, 0.05) is 11.4 Å². The Kier molecular flexibility index (Phi) is 3.74. The third-order valence-corrected chi connectivity index (χ3v) is 2.74. The molecule has 0 saturated carbocycles. The number of nitrogens with two attached hydrogens (primary N) is 1. The van der Waals surface area contributed by atoms with Crippen LogP contribution in [0, 0.1) is 0 Å². The van der Waals surface area contributed by atoms with E-state index in [1.54, 1.807) is 24.3 Å². The molecule has 3 nitrogen and oxygen atoms in total. The highest BCUT2D eigenvalue weighted by Crippen LogP contribution is 2.36. The summed E-state index contributed by atoms with van der Waals surface area (Å²) in [6.45, 7) is 0. The van der Waals surface area contributed by atoms with Crippen LogP contribution in [0.5, 0.6) is 5.75 Å². The van der Waals surface area contributed by atoms with Crippen LogP contribution in [0.1, 0.15) is 5.56 Å². The zero-order valence-electron chi connectivity index (χ0n) is 10.7. The molecule has 2 aromatic carbocycles. The van der Waals surface area contributed by atoms with E-state index in [4.69, 9.17) is 10.5 Å². The van der Waals surface area contributed by atoms with Crippen LogP contribution >= 0.6 is 0 Å². The van der Waals surface area contributed by atoms with Crippen molar-refractivity contribution in [2.45, 2.75) is 6.18 Å². The monoisotopic (exact) mass is 282 g/mol. The maximum absolute atomic E-state index is 12.8. The zero-order chi connectivity index (χ0) is 14.8. The van der Waals surface area contributed by atoms with Gasteiger partial charge in [-0.1, -0.05) is 12.1 Å².